The number of hydrogen-bond donors (Lipinski definition) is 9. The number of carbonyl (C=O) groups excluding carboxylic acids is 6. The van der Waals surface area contributed by atoms with E-state index < -0.39 is 90.2 Å². The van der Waals surface area contributed by atoms with Crippen LogP contribution in [0.5, 0.6) is 0 Å². The first-order valence-corrected chi connectivity index (χ1v) is 20.3. The predicted octanol–water partition coefficient (Wildman–Crippen LogP) is 2.15. The van der Waals surface area contributed by atoms with Gasteiger partial charge in [-0.3, -0.25) is 38.4 Å². The third-order valence-corrected chi connectivity index (χ3v) is 9.52. The monoisotopic (exact) mass is 844 g/mol. The highest BCUT2D eigenvalue weighted by atomic mass is 16.4. The summed E-state index contributed by atoms with van der Waals surface area (Å²) in [6, 6.07) is -0.406. The molecular weight excluding hydrogens is 784 g/mol. The number of carboxylic acid groups (broad SMARTS) is 2. The number of benzene rings is 1. The second-order valence-corrected chi connectivity index (χ2v) is 14.8. The molecule has 0 saturated carbocycles. The van der Waals surface area contributed by atoms with Crippen molar-refractivity contribution >= 4 is 64.0 Å². The molecule has 60 heavy (non-hydrogen) atoms. The van der Waals surface area contributed by atoms with Crippen LogP contribution in [0.2, 0.25) is 0 Å². The second kappa shape index (κ2) is 26.3. The van der Waals surface area contributed by atoms with Gasteiger partial charge in [-0.15, -0.1) is 0 Å². The number of aliphatic hydroxyl groups is 1. The summed E-state index contributed by atoms with van der Waals surface area (Å²) < 4.78 is 5.28. The number of fused-ring (bicyclic) bond motifs is 1. The molecular formula is C41H60N6O13. The average molecular weight is 845 g/mol. The van der Waals surface area contributed by atoms with E-state index >= 15 is 0 Å². The fourth-order valence-corrected chi connectivity index (χ4v) is 6.29. The molecule has 19 nitrogen and oxygen atoms in total. The number of hydrogen-bond acceptors (Lipinski definition) is 11. The van der Waals surface area contributed by atoms with Crippen molar-refractivity contribution in [3.8, 4) is 0 Å². The van der Waals surface area contributed by atoms with E-state index in [1.807, 2.05) is 0 Å². The van der Waals surface area contributed by atoms with E-state index in [0.717, 1.165) is 46.0 Å². The molecule has 1 aromatic carbocycles. The highest BCUT2D eigenvalue weighted by molar-refractivity contribution is 6.01. The molecule has 5 atom stereocenters. The number of aryl methyl sites for hydroxylation is 1. The Morgan fingerprint density at radius 2 is 1.33 bits per heavy atom. The zero-order valence-electron chi connectivity index (χ0n) is 34.7. The fraction of sp³-hybridized carbons (Fsp3) is 0.585. The number of amides is 6. The van der Waals surface area contributed by atoms with Crippen LogP contribution in [0, 0.1) is 6.92 Å². The van der Waals surface area contributed by atoms with Gasteiger partial charge in [-0.25, -0.2) is 4.79 Å². The van der Waals surface area contributed by atoms with Crippen molar-refractivity contribution in [3.05, 3.63) is 40.2 Å². The summed E-state index contributed by atoms with van der Waals surface area (Å²) in [5.74, 6) is -7.62. The number of carboxylic acids is 2. The Bertz CT molecular complexity index is 1860. The Labute approximate surface area is 348 Å². The molecule has 0 aliphatic carbocycles. The van der Waals surface area contributed by atoms with Crippen LogP contribution in [0.1, 0.15) is 116 Å². The van der Waals surface area contributed by atoms with E-state index in [-0.39, 0.29) is 30.0 Å². The Morgan fingerprint density at radius 3 is 1.97 bits per heavy atom. The molecule has 0 aliphatic rings. The van der Waals surface area contributed by atoms with Crippen LogP contribution < -0.4 is 37.5 Å². The van der Waals surface area contributed by atoms with Crippen LogP contribution in [0.25, 0.3) is 11.0 Å². The molecule has 0 fully saturated rings. The van der Waals surface area contributed by atoms with E-state index in [1.165, 1.54) is 25.0 Å². The molecule has 19 heteroatoms. The Hall–Kier alpha value is -5.85. The summed E-state index contributed by atoms with van der Waals surface area (Å²) in [5.41, 5.74) is 0.455. The predicted molar refractivity (Wildman–Crippen MR) is 220 cm³/mol. The summed E-state index contributed by atoms with van der Waals surface area (Å²) in [6.45, 7) is 6.37. The molecule has 332 valence electrons. The first-order valence-electron chi connectivity index (χ1n) is 20.3. The van der Waals surface area contributed by atoms with Gasteiger partial charge in [0, 0.05) is 49.5 Å². The van der Waals surface area contributed by atoms with Crippen molar-refractivity contribution in [3.63, 3.8) is 0 Å². The second-order valence-electron chi connectivity index (χ2n) is 14.8. The number of aliphatic carboxylic acids is 2. The van der Waals surface area contributed by atoms with Crippen LogP contribution in [0.4, 0.5) is 5.69 Å². The van der Waals surface area contributed by atoms with Gasteiger partial charge in [-0.05, 0) is 63.6 Å². The number of anilines is 1. The lowest BCUT2D eigenvalue weighted by Crippen LogP contribution is -2.60. The van der Waals surface area contributed by atoms with Crippen LogP contribution in [0.3, 0.4) is 0 Å². The lowest BCUT2D eigenvalue weighted by molar-refractivity contribution is -0.142. The SMILES string of the molecule is CCCCCCCCCC(=O)NCCCC[C@H](NC(=O)[C@H](CC(=O)O)NC(=O)[C@@H](NC(=O)[C@H](CCC(=O)O)NC(C)=O)[C@@H](C)O)C(=O)Nc1ccc2c(C)cc(=O)oc2c1. The van der Waals surface area contributed by atoms with Crippen molar-refractivity contribution in [2.45, 2.75) is 148 Å². The highest BCUT2D eigenvalue weighted by Crippen LogP contribution is 2.21. The summed E-state index contributed by atoms with van der Waals surface area (Å²) in [5, 5.41) is 44.4. The Balaban J connectivity index is 2.22. The topological polar surface area (TPSA) is 300 Å². The molecule has 0 spiro atoms. The van der Waals surface area contributed by atoms with Crippen LogP contribution in [-0.4, -0.2) is 99.5 Å². The quantitative estimate of drug-likeness (QED) is 0.0439. The van der Waals surface area contributed by atoms with Gasteiger partial charge in [0.2, 0.25) is 35.4 Å². The first kappa shape index (κ1) is 50.3. The summed E-state index contributed by atoms with van der Waals surface area (Å²) in [4.78, 5) is 113. The third-order valence-electron chi connectivity index (χ3n) is 9.52. The highest BCUT2D eigenvalue weighted by Gasteiger charge is 2.34. The van der Waals surface area contributed by atoms with Gasteiger partial charge >= 0.3 is 17.6 Å². The fourth-order valence-electron chi connectivity index (χ4n) is 6.29. The van der Waals surface area contributed by atoms with Crippen LogP contribution in [-0.2, 0) is 38.4 Å². The number of nitrogens with one attached hydrogen (secondary N) is 6. The van der Waals surface area contributed by atoms with Crippen molar-refractivity contribution in [2.24, 2.45) is 0 Å². The van der Waals surface area contributed by atoms with E-state index in [2.05, 4.69) is 38.8 Å². The molecule has 0 unspecified atom stereocenters. The molecule has 1 aromatic heterocycles. The number of aliphatic hydroxyl groups excluding tert-OH is 1. The Kier molecular flexibility index (Phi) is 22.0. The van der Waals surface area contributed by atoms with Gasteiger partial charge in [0.1, 0.15) is 29.8 Å². The van der Waals surface area contributed by atoms with Gasteiger partial charge < -0.3 is 51.6 Å². The van der Waals surface area contributed by atoms with E-state index in [0.29, 0.717) is 36.8 Å². The van der Waals surface area contributed by atoms with Crippen molar-refractivity contribution in [2.75, 3.05) is 11.9 Å². The molecule has 2 aromatic rings. The molecule has 2 rings (SSSR count). The number of carbonyl (C=O) groups is 8. The minimum atomic E-state index is -1.83. The normalized spacial score (nSPS) is 13.5. The standard InChI is InChI=1S/C41H60N6O13/c1-5-6-7-8-9-10-11-15-33(50)42-20-13-12-14-29(38(56)44-27-16-17-28-24(2)21-36(55)60-32(28)22-27)45-40(58)31(23-35(53)54)46-41(59)37(25(3)48)47-39(57)30(43-26(4)49)18-19-34(51)52/h16-17,21-22,25,29-31,37,48H,5-15,18-20,23H2,1-4H3,(H,42,50)(H,43,49)(H,44,56)(H,45,58)(H,46,59)(H,47,57)(H,51,52)(H,53,54)/t25-,29+,30+,31+,37+/m1/s1. The molecule has 9 N–H and O–H groups in total. The van der Waals surface area contributed by atoms with Crippen LogP contribution in [0.15, 0.2) is 33.5 Å². The average Bonchev–Trinajstić information content (AvgIpc) is 3.16. The molecule has 0 aliphatic heterocycles. The summed E-state index contributed by atoms with van der Waals surface area (Å²) >= 11 is 0. The molecule has 1 heterocycles. The van der Waals surface area contributed by atoms with Gasteiger partial charge in [0.25, 0.3) is 0 Å². The lowest BCUT2D eigenvalue weighted by atomic mass is 10.1. The van der Waals surface area contributed by atoms with Crippen molar-refractivity contribution in [1.82, 2.24) is 26.6 Å². The largest absolute Gasteiger partial charge is 0.481 e. The third kappa shape index (κ3) is 18.8. The number of unbranched alkanes of at least 4 members (excludes halogenated alkanes) is 7. The van der Waals surface area contributed by atoms with E-state index in [1.54, 1.807) is 19.1 Å². The van der Waals surface area contributed by atoms with Gasteiger partial charge in [0.05, 0.1) is 12.5 Å². The minimum absolute atomic E-state index is 0.00789. The first-order chi connectivity index (χ1) is 28.4. The van der Waals surface area contributed by atoms with Crippen molar-refractivity contribution < 1.29 is 58.1 Å². The lowest BCUT2D eigenvalue weighted by Gasteiger charge is -2.27. The zero-order chi connectivity index (χ0) is 44.8. The van der Waals surface area contributed by atoms with E-state index in [9.17, 15) is 53.4 Å². The minimum Gasteiger partial charge on any atom is -0.481 e. The van der Waals surface area contributed by atoms with E-state index in [4.69, 9.17) is 9.52 Å². The Morgan fingerprint density at radius 1 is 0.700 bits per heavy atom. The summed E-state index contributed by atoms with van der Waals surface area (Å²) in [6.07, 6.45) is 5.12. The number of rotatable bonds is 28. The smallest absolute Gasteiger partial charge is 0.336 e. The maximum Gasteiger partial charge on any atom is 0.336 e. The van der Waals surface area contributed by atoms with Crippen molar-refractivity contribution in [1.29, 1.82) is 0 Å². The molecule has 0 radical (unpaired) electrons. The molecule has 0 bridgehead atoms. The zero-order valence-corrected chi connectivity index (χ0v) is 34.7. The van der Waals surface area contributed by atoms with Gasteiger partial charge in [0.15, 0.2) is 0 Å². The van der Waals surface area contributed by atoms with Crippen LogP contribution >= 0.6 is 0 Å². The molecule has 0 saturated heterocycles. The molecule has 6 amide bonds. The summed E-state index contributed by atoms with van der Waals surface area (Å²) in [7, 11) is 0. The maximum atomic E-state index is 13.7. The maximum absolute atomic E-state index is 13.7. The van der Waals surface area contributed by atoms with Gasteiger partial charge in [-0.2, -0.15) is 0 Å². The van der Waals surface area contributed by atoms with Gasteiger partial charge in [-0.1, -0.05) is 45.4 Å².